The predicted octanol–water partition coefficient (Wildman–Crippen LogP) is 3.69. The van der Waals surface area contributed by atoms with E-state index in [9.17, 15) is 4.39 Å². The Bertz CT molecular complexity index is 481. The third kappa shape index (κ3) is 5.41. The van der Waals surface area contributed by atoms with Crippen molar-refractivity contribution < 1.29 is 4.39 Å². The Labute approximate surface area is 150 Å². The number of nitrogens with one attached hydrogen (secondary N) is 2. The summed E-state index contributed by atoms with van der Waals surface area (Å²) < 4.78 is 13.0. The van der Waals surface area contributed by atoms with Crippen molar-refractivity contribution in [1.82, 2.24) is 10.6 Å². The number of guanidine groups is 1. The highest BCUT2D eigenvalue weighted by molar-refractivity contribution is 14.0. The molecule has 1 aromatic rings. The maximum absolute atomic E-state index is 13.0. The molecule has 2 N–H and O–H groups in total. The largest absolute Gasteiger partial charge is 0.356 e. The predicted molar refractivity (Wildman–Crippen MR) is 102 cm³/mol. The van der Waals surface area contributed by atoms with Crippen molar-refractivity contribution in [2.45, 2.75) is 38.5 Å². The fraction of sp³-hybridized carbons (Fsp3) is 0.588. The number of rotatable bonds is 6. The first-order valence-corrected chi connectivity index (χ1v) is 7.76. The van der Waals surface area contributed by atoms with Crippen molar-refractivity contribution in [1.29, 1.82) is 0 Å². The van der Waals surface area contributed by atoms with Gasteiger partial charge in [0.05, 0.1) is 0 Å². The summed E-state index contributed by atoms with van der Waals surface area (Å²) in [5, 5.41) is 6.74. The molecule has 0 saturated heterocycles. The Morgan fingerprint density at radius 1 is 1.23 bits per heavy atom. The Morgan fingerprint density at radius 2 is 1.86 bits per heavy atom. The Morgan fingerprint density at radius 3 is 2.36 bits per heavy atom. The first kappa shape index (κ1) is 19.2. The van der Waals surface area contributed by atoms with Gasteiger partial charge < -0.3 is 10.6 Å². The lowest BCUT2D eigenvalue weighted by Crippen LogP contribution is -2.41. The van der Waals surface area contributed by atoms with Gasteiger partial charge in [0.25, 0.3) is 0 Å². The molecule has 1 aliphatic carbocycles. The number of benzene rings is 1. The molecule has 0 heterocycles. The molecule has 0 spiro atoms. The Kier molecular flexibility index (Phi) is 7.59. The van der Waals surface area contributed by atoms with Crippen molar-refractivity contribution in [2.24, 2.45) is 10.9 Å². The van der Waals surface area contributed by atoms with E-state index in [1.807, 2.05) is 12.1 Å². The number of aliphatic imine (C=N–C) groups is 1. The highest BCUT2D eigenvalue weighted by Gasteiger charge is 2.44. The number of nitrogens with zero attached hydrogens (tertiary/aromatic N) is 1. The normalized spacial score (nSPS) is 16.1. The van der Waals surface area contributed by atoms with E-state index in [0.29, 0.717) is 5.92 Å². The Balaban J connectivity index is 0.00000242. The monoisotopic (exact) mass is 419 g/mol. The van der Waals surface area contributed by atoms with E-state index in [-0.39, 0.29) is 35.2 Å². The molecule has 0 bridgehead atoms. The van der Waals surface area contributed by atoms with E-state index in [0.717, 1.165) is 38.3 Å². The van der Waals surface area contributed by atoms with E-state index in [1.54, 1.807) is 19.2 Å². The molecule has 0 aliphatic heterocycles. The third-order valence-corrected chi connectivity index (χ3v) is 4.14. The zero-order valence-corrected chi connectivity index (χ0v) is 16.0. The molecular formula is C17H27FIN3. The quantitative estimate of drug-likeness (QED) is 0.419. The van der Waals surface area contributed by atoms with E-state index in [2.05, 4.69) is 29.5 Å². The van der Waals surface area contributed by atoms with E-state index in [4.69, 9.17) is 0 Å². The van der Waals surface area contributed by atoms with Crippen LogP contribution in [-0.2, 0) is 5.41 Å². The van der Waals surface area contributed by atoms with Crippen LogP contribution in [0, 0.1) is 11.7 Å². The van der Waals surface area contributed by atoms with Gasteiger partial charge in [-0.15, -0.1) is 24.0 Å². The second-order valence-corrected chi connectivity index (χ2v) is 6.32. The maximum Gasteiger partial charge on any atom is 0.191 e. The maximum atomic E-state index is 13.0. The van der Waals surface area contributed by atoms with Gasteiger partial charge in [0, 0.05) is 25.6 Å². The topological polar surface area (TPSA) is 36.4 Å². The molecule has 0 aromatic heterocycles. The van der Waals surface area contributed by atoms with E-state index >= 15 is 0 Å². The lowest BCUT2D eigenvalue weighted by molar-refractivity contribution is 0.569. The van der Waals surface area contributed by atoms with Crippen LogP contribution < -0.4 is 10.6 Å². The van der Waals surface area contributed by atoms with Crippen LogP contribution >= 0.6 is 24.0 Å². The van der Waals surface area contributed by atoms with Crippen LogP contribution in [0.4, 0.5) is 4.39 Å². The van der Waals surface area contributed by atoms with Crippen molar-refractivity contribution in [3.8, 4) is 0 Å². The van der Waals surface area contributed by atoms with Gasteiger partial charge in [0.15, 0.2) is 5.96 Å². The molecule has 1 aromatic carbocycles. The molecule has 3 nitrogen and oxygen atoms in total. The minimum Gasteiger partial charge on any atom is -0.356 e. The molecule has 1 saturated carbocycles. The van der Waals surface area contributed by atoms with Gasteiger partial charge in [0.1, 0.15) is 5.82 Å². The van der Waals surface area contributed by atoms with Gasteiger partial charge in [-0.05, 0) is 42.9 Å². The average Bonchev–Trinajstić information content (AvgIpc) is 3.24. The highest BCUT2D eigenvalue weighted by atomic mass is 127. The van der Waals surface area contributed by atoms with Crippen LogP contribution in [0.3, 0.4) is 0 Å². The van der Waals surface area contributed by atoms with Crippen molar-refractivity contribution in [2.75, 3.05) is 20.1 Å². The fourth-order valence-corrected chi connectivity index (χ4v) is 2.47. The average molecular weight is 419 g/mol. The fourth-order valence-electron chi connectivity index (χ4n) is 2.47. The summed E-state index contributed by atoms with van der Waals surface area (Å²) in [4.78, 5) is 4.26. The minimum atomic E-state index is -0.173. The zero-order valence-electron chi connectivity index (χ0n) is 13.7. The van der Waals surface area contributed by atoms with Crippen LogP contribution in [0.2, 0.25) is 0 Å². The van der Waals surface area contributed by atoms with Crippen molar-refractivity contribution >= 4 is 29.9 Å². The summed E-state index contributed by atoms with van der Waals surface area (Å²) in [5.74, 6) is 1.36. The second kappa shape index (κ2) is 8.70. The Hall–Kier alpha value is -0.850. The van der Waals surface area contributed by atoms with Gasteiger partial charge >= 0.3 is 0 Å². The van der Waals surface area contributed by atoms with Crippen molar-refractivity contribution in [3.63, 3.8) is 0 Å². The standard InChI is InChI=1S/C17H26FN3.HI/c1-13(2)8-11-20-16(19-3)21-12-17(9-10-17)14-4-6-15(18)7-5-14;/h4-7,13H,8-12H2,1-3H3,(H2,19,20,21);1H. The molecule has 1 fully saturated rings. The van der Waals surface area contributed by atoms with Crippen molar-refractivity contribution in [3.05, 3.63) is 35.6 Å². The molecular weight excluding hydrogens is 392 g/mol. The highest BCUT2D eigenvalue weighted by Crippen LogP contribution is 2.47. The third-order valence-electron chi connectivity index (χ3n) is 4.14. The van der Waals surface area contributed by atoms with Gasteiger partial charge in [-0.1, -0.05) is 26.0 Å². The molecule has 0 amide bonds. The molecule has 0 radical (unpaired) electrons. The van der Waals surface area contributed by atoms with Gasteiger partial charge in [-0.25, -0.2) is 4.39 Å². The van der Waals surface area contributed by atoms with Crippen LogP contribution in [0.25, 0.3) is 0 Å². The van der Waals surface area contributed by atoms with Gasteiger partial charge in [0.2, 0.25) is 0 Å². The second-order valence-electron chi connectivity index (χ2n) is 6.32. The molecule has 124 valence electrons. The zero-order chi connectivity index (χ0) is 15.3. The molecule has 0 unspecified atom stereocenters. The molecule has 1 aliphatic rings. The van der Waals surface area contributed by atoms with Gasteiger partial charge in [-0.2, -0.15) is 0 Å². The smallest absolute Gasteiger partial charge is 0.191 e. The molecule has 5 heteroatoms. The van der Waals surface area contributed by atoms with E-state index < -0.39 is 0 Å². The molecule has 22 heavy (non-hydrogen) atoms. The summed E-state index contributed by atoms with van der Waals surface area (Å²) in [6.07, 6.45) is 3.42. The van der Waals surface area contributed by atoms with Crippen LogP contribution in [0.1, 0.15) is 38.7 Å². The first-order valence-electron chi connectivity index (χ1n) is 7.76. The summed E-state index contributed by atoms with van der Waals surface area (Å²) in [7, 11) is 1.79. The van der Waals surface area contributed by atoms with Crippen LogP contribution in [0.5, 0.6) is 0 Å². The first-order chi connectivity index (χ1) is 10.1. The summed E-state index contributed by atoms with van der Waals surface area (Å²) in [6, 6.07) is 6.90. The lowest BCUT2D eigenvalue weighted by atomic mass is 9.96. The number of hydrogen-bond acceptors (Lipinski definition) is 1. The minimum absolute atomic E-state index is 0. The lowest BCUT2D eigenvalue weighted by Gasteiger charge is -2.19. The van der Waals surface area contributed by atoms with E-state index in [1.165, 1.54) is 5.56 Å². The summed E-state index contributed by atoms with van der Waals surface area (Å²) in [5.41, 5.74) is 1.37. The summed E-state index contributed by atoms with van der Waals surface area (Å²) >= 11 is 0. The van der Waals surface area contributed by atoms with Gasteiger partial charge in [-0.3, -0.25) is 4.99 Å². The SMILES string of the molecule is CN=C(NCCC(C)C)NCC1(c2ccc(F)cc2)CC1.I. The number of hydrogen-bond donors (Lipinski definition) is 2. The molecule has 2 rings (SSSR count). The van der Waals surface area contributed by atoms with Crippen LogP contribution in [0.15, 0.2) is 29.3 Å². The van der Waals surface area contributed by atoms with Crippen LogP contribution in [-0.4, -0.2) is 26.1 Å². The number of halogens is 2. The molecule has 0 atom stereocenters. The summed E-state index contributed by atoms with van der Waals surface area (Å²) in [6.45, 7) is 6.21.